The predicted octanol–water partition coefficient (Wildman–Crippen LogP) is 2.47. The Hall–Kier alpha value is -0.590. The number of carbonyl (C=O) groups excluding carboxylic acids is 1. The first kappa shape index (κ1) is 7.08. The van der Waals surface area contributed by atoms with E-state index < -0.39 is 0 Å². The Kier molecular flexibility index (Phi) is 1.80. The fourth-order valence-electron chi connectivity index (χ4n) is 2.21. The highest BCUT2D eigenvalue weighted by Gasteiger charge is 2.24. The van der Waals surface area contributed by atoms with Crippen LogP contribution in [0.5, 0.6) is 0 Å². The first-order valence-corrected chi connectivity index (χ1v) is 4.57. The molecular formula is C10H14O. The average molecular weight is 150 g/mol. The zero-order valence-corrected chi connectivity index (χ0v) is 6.81. The van der Waals surface area contributed by atoms with Crippen molar-refractivity contribution < 1.29 is 4.79 Å². The summed E-state index contributed by atoms with van der Waals surface area (Å²) >= 11 is 0. The standard InChI is InChI=1S/C10H14O/c11-10-6-5-8-3-1-2-4-9(8)7-10/h5,9H,1-4,6-7H2. The van der Waals surface area contributed by atoms with Crippen LogP contribution in [0, 0.1) is 5.92 Å². The van der Waals surface area contributed by atoms with Gasteiger partial charge < -0.3 is 0 Å². The van der Waals surface area contributed by atoms with Crippen LogP contribution in [0.2, 0.25) is 0 Å². The van der Waals surface area contributed by atoms with Crippen molar-refractivity contribution in [3.63, 3.8) is 0 Å². The van der Waals surface area contributed by atoms with E-state index in [-0.39, 0.29) is 0 Å². The Bertz CT molecular complexity index is 203. The summed E-state index contributed by atoms with van der Waals surface area (Å²) < 4.78 is 0. The van der Waals surface area contributed by atoms with Crippen LogP contribution in [0.3, 0.4) is 0 Å². The molecule has 0 aromatic carbocycles. The minimum absolute atomic E-state index is 0.445. The van der Waals surface area contributed by atoms with Crippen LogP contribution in [-0.4, -0.2) is 5.78 Å². The summed E-state index contributed by atoms with van der Waals surface area (Å²) in [6.45, 7) is 0. The second kappa shape index (κ2) is 2.80. The third kappa shape index (κ3) is 1.37. The topological polar surface area (TPSA) is 17.1 Å². The average Bonchev–Trinajstić information content (AvgIpc) is 2.04. The fraction of sp³-hybridized carbons (Fsp3) is 0.700. The van der Waals surface area contributed by atoms with Crippen molar-refractivity contribution in [3.8, 4) is 0 Å². The molecule has 1 unspecified atom stereocenters. The van der Waals surface area contributed by atoms with Gasteiger partial charge in [0.05, 0.1) is 0 Å². The number of hydrogen-bond donors (Lipinski definition) is 0. The van der Waals surface area contributed by atoms with E-state index in [1.165, 1.54) is 25.7 Å². The molecule has 1 saturated carbocycles. The Balaban J connectivity index is 2.14. The van der Waals surface area contributed by atoms with Gasteiger partial charge in [0.2, 0.25) is 0 Å². The lowest BCUT2D eigenvalue weighted by atomic mass is 9.77. The van der Waals surface area contributed by atoms with Crippen molar-refractivity contribution in [3.05, 3.63) is 11.6 Å². The van der Waals surface area contributed by atoms with Gasteiger partial charge >= 0.3 is 0 Å². The van der Waals surface area contributed by atoms with Crippen molar-refractivity contribution in [1.82, 2.24) is 0 Å². The molecule has 1 heteroatoms. The molecule has 0 heterocycles. The Morgan fingerprint density at radius 2 is 2.27 bits per heavy atom. The van der Waals surface area contributed by atoms with Gasteiger partial charge in [0.15, 0.2) is 0 Å². The molecule has 0 aromatic heterocycles. The van der Waals surface area contributed by atoms with Crippen LogP contribution >= 0.6 is 0 Å². The van der Waals surface area contributed by atoms with Gasteiger partial charge in [-0.2, -0.15) is 0 Å². The Morgan fingerprint density at radius 3 is 3.18 bits per heavy atom. The minimum atomic E-state index is 0.445. The quantitative estimate of drug-likeness (QED) is 0.485. The van der Waals surface area contributed by atoms with Crippen LogP contribution in [0.1, 0.15) is 38.5 Å². The normalized spacial score (nSPS) is 31.1. The molecule has 1 atom stereocenters. The van der Waals surface area contributed by atoms with Gasteiger partial charge in [-0.05, 0) is 25.2 Å². The van der Waals surface area contributed by atoms with Crippen LogP contribution in [0.15, 0.2) is 11.6 Å². The smallest absolute Gasteiger partial charge is 0.137 e. The van der Waals surface area contributed by atoms with E-state index in [2.05, 4.69) is 6.08 Å². The summed E-state index contributed by atoms with van der Waals surface area (Å²) in [6.07, 6.45) is 8.93. The van der Waals surface area contributed by atoms with E-state index in [4.69, 9.17) is 0 Å². The van der Waals surface area contributed by atoms with E-state index in [0.717, 1.165) is 6.42 Å². The van der Waals surface area contributed by atoms with E-state index >= 15 is 0 Å². The molecule has 1 nitrogen and oxygen atoms in total. The zero-order chi connectivity index (χ0) is 7.68. The lowest BCUT2D eigenvalue weighted by Gasteiger charge is -2.27. The molecule has 11 heavy (non-hydrogen) atoms. The monoisotopic (exact) mass is 150 g/mol. The van der Waals surface area contributed by atoms with Crippen molar-refractivity contribution in [2.75, 3.05) is 0 Å². The molecule has 60 valence electrons. The number of carbonyl (C=O) groups is 1. The maximum absolute atomic E-state index is 11.1. The zero-order valence-electron chi connectivity index (χ0n) is 6.81. The summed E-state index contributed by atoms with van der Waals surface area (Å²) in [5.41, 5.74) is 1.58. The van der Waals surface area contributed by atoms with Crippen molar-refractivity contribution in [1.29, 1.82) is 0 Å². The number of Topliss-reactive ketones (excluding diaryl/α,β-unsaturated/α-hetero) is 1. The number of hydrogen-bond acceptors (Lipinski definition) is 1. The number of fused-ring (bicyclic) bond motifs is 1. The molecule has 1 fully saturated rings. The van der Waals surface area contributed by atoms with Crippen LogP contribution < -0.4 is 0 Å². The highest BCUT2D eigenvalue weighted by Crippen LogP contribution is 2.34. The highest BCUT2D eigenvalue weighted by atomic mass is 16.1. The van der Waals surface area contributed by atoms with Gasteiger partial charge in [0.25, 0.3) is 0 Å². The van der Waals surface area contributed by atoms with Gasteiger partial charge in [-0.3, -0.25) is 4.79 Å². The first-order chi connectivity index (χ1) is 5.36. The predicted molar refractivity (Wildman–Crippen MR) is 44.3 cm³/mol. The molecule has 0 radical (unpaired) electrons. The lowest BCUT2D eigenvalue weighted by Crippen LogP contribution is -2.18. The molecule has 0 amide bonds. The van der Waals surface area contributed by atoms with Crippen molar-refractivity contribution >= 4 is 5.78 Å². The molecule has 2 rings (SSSR count). The lowest BCUT2D eigenvalue weighted by molar-refractivity contribution is -0.119. The van der Waals surface area contributed by atoms with Crippen molar-refractivity contribution in [2.45, 2.75) is 38.5 Å². The number of ketones is 1. The maximum atomic E-state index is 11.1. The van der Waals surface area contributed by atoms with Crippen LogP contribution in [0.25, 0.3) is 0 Å². The summed E-state index contributed by atoms with van der Waals surface area (Å²) in [7, 11) is 0. The van der Waals surface area contributed by atoms with E-state index in [1.54, 1.807) is 5.57 Å². The largest absolute Gasteiger partial charge is 0.299 e. The molecule has 0 N–H and O–H groups in total. The van der Waals surface area contributed by atoms with Crippen molar-refractivity contribution in [2.24, 2.45) is 5.92 Å². The third-order valence-corrected chi connectivity index (χ3v) is 2.86. The minimum Gasteiger partial charge on any atom is -0.299 e. The summed E-state index contributed by atoms with van der Waals surface area (Å²) in [4.78, 5) is 11.1. The number of rotatable bonds is 0. The van der Waals surface area contributed by atoms with Gasteiger partial charge in [0, 0.05) is 12.8 Å². The highest BCUT2D eigenvalue weighted by molar-refractivity contribution is 5.81. The molecular weight excluding hydrogens is 136 g/mol. The van der Waals surface area contributed by atoms with E-state index in [0.29, 0.717) is 18.1 Å². The van der Waals surface area contributed by atoms with Gasteiger partial charge in [0.1, 0.15) is 5.78 Å². The summed E-state index contributed by atoms with van der Waals surface area (Å²) in [5, 5.41) is 0. The number of allylic oxidation sites excluding steroid dienone is 2. The molecule has 2 aliphatic carbocycles. The molecule has 0 aliphatic heterocycles. The Labute approximate surface area is 67.5 Å². The van der Waals surface area contributed by atoms with Crippen LogP contribution in [0.4, 0.5) is 0 Å². The van der Waals surface area contributed by atoms with Gasteiger partial charge in [-0.15, -0.1) is 0 Å². The van der Waals surface area contributed by atoms with Crippen LogP contribution in [-0.2, 0) is 4.79 Å². The molecule has 0 aromatic rings. The van der Waals surface area contributed by atoms with Gasteiger partial charge in [-0.25, -0.2) is 0 Å². The third-order valence-electron chi connectivity index (χ3n) is 2.86. The first-order valence-electron chi connectivity index (χ1n) is 4.57. The Morgan fingerprint density at radius 1 is 1.36 bits per heavy atom. The summed E-state index contributed by atoms with van der Waals surface area (Å²) in [6, 6.07) is 0. The molecule has 0 bridgehead atoms. The van der Waals surface area contributed by atoms with E-state index in [9.17, 15) is 4.79 Å². The molecule has 0 saturated heterocycles. The van der Waals surface area contributed by atoms with Gasteiger partial charge in [-0.1, -0.05) is 18.1 Å². The van der Waals surface area contributed by atoms with E-state index in [1.807, 2.05) is 0 Å². The molecule has 2 aliphatic rings. The SMILES string of the molecule is O=C1CC=C2CCCCC2C1. The second-order valence-electron chi connectivity index (χ2n) is 3.67. The maximum Gasteiger partial charge on any atom is 0.137 e. The summed E-state index contributed by atoms with van der Waals surface area (Å²) in [5.74, 6) is 1.09. The fourth-order valence-corrected chi connectivity index (χ4v) is 2.21. The molecule has 0 spiro atoms. The second-order valence-corrected chi connectivity index (χ2v) is 3.67.